The Kier molecular flexibility index (Phi) is 4.29. The van der Waals surface area contributed by atoms with Gasteiger partial charge in [-0.25, -0.2) is 4.98 Å². The molecule has 0 spiro atoms. The summed E-state index contributed by atoms with van der Waals surface area (Å²) in [5, 5.41) is 3.56. The molecule has 0 amide bonds. The fourth-order valence-corrected chi connectivity index (χ4v) is 3.93. The summed E-state index contributed by atoms with van der Waals surface area (Å²) in [5.74, 6) is 2.87. The Morgan fingerprint density at radius 2 is 2.14 bits per heavy atom. The molecule has 1 heterocycles. The molecule has 3 nitrogen and oxygen atoms in total. The van der Waals surface area contributed by atoms with Gasteiger partial charge >= 0.3 is 0 Å². The van der Waals surface area contributed by atoms with E-state index in [9.17, 15) is 0 Å². The fraction of sp³-hybridized carbons (Fsp3) is 0.611. The molecular formula is C18H27N3. The Morgan fingerprint density at radius 3 is 2.86 bits per heavy atom. The maximum atomic E-state index is 4.84. The van der Waals surface area contributed by atoms with Gasteiger partial charge in [-0.3, -0.25) is 0 Å². The number of aromatic nitrogens is 2. The molecule has 3 unspecified atom stereocenters. The highest BCUT2D eigenvalue weighted by Crippen LogP contribution is 2.32. The van der Waals surface area contributed by atoms with Crippen LogP contribution in [0.25, 0.3) is 11.0 Å². The minimum atomic E-state index is 0.545. The van der Waals surface area contributed by atoms with Crippen molar-refractivity contribution in [2.45, 2.75) is 45.1 Å². The maximum Gasteiger partial charge on any atom is 0.111 e. The third kappa shape index (κ3) is 2.98. The van der Waals surface area contributed by atoms with E-state index in [-0.39, 0.29) is 0 Å². The molecular weight excluding hydrogens is 258 g/mol. The van der Waals surface area contributed by atoms with Gasteiger partial charge in [0, 0.05) is 19.5 Å². The Hall–Kier alpha value is -1.35. The van der Waals surface area contributed by atoms with Crippen LogP contribution in [0.3, 0.4) is 0 Å². The zero-order chi connectivity index (χ0) is 14.8. The molecule has 1 fully saturated rings. The van der Waals surface area contributed by atoms with Crippen LogP contribution in [0.15, 0.2) is 24.3 Å². The molecule has 0 aliphatic heterocycles. The Bertz CT molecular complexity index is 602. The molecule has 0 radical (unpaired) electrons. The highest BCUT2D eigenvalue weighted by atomic mass is 15.1. The van der Waals surface area contributed by atoms with Gasteiger partial charge in [0.15, 0.2) is 0 Å². The van der Waals surface area contributed by atoms with Crippen LogP contribution in [0, 0.1) is 11.8 Å². The summed E-state index contributed by atoms with van der Waals surface area (Å²) in [4.78, 5) is 4.84. The van der Waals surface area contributed by atoms with Crippen LogP contribution in [-0.4, -0.2) is 22.6 Å². The number of hydrogen-bond acceptors (Lipinski definition) is 2. The molecule has 3 atom stereocenters. The standard InChI is InChI=1S/C18H27N3/c1-13-7-6-8-14(11-13)16(19-2)12-18-20-15-9-4-5-10-17(15)21(18)3/h4-5,9-10,13-14,16,19H,6-8,11-12H2,1-3H3. The van der Waals surface area contributed by atoms with Crippen LogP contribution < -0.4 is 5.32 Å². The Labute approximate surface area is 127 Å². The van der Waals surface area contributed by atoms with Gasteiger partial charge in [0.25, 0.3) is 0 Å². The average Bonchev–Trinajstić information content (AvgIpc) is 2.81. The second kappa shape index (κ2) is 6.18. The van der Waals surface area contributed by atoms with Crippen molar-refractivity contribution in [2.24, 2.45) is 18.9 Å². The summed E-state index contributed by atoms with van der Waals surface area (Å²) in [6.07, 6.45) is 6.53. The number of imidazole rings is 1. The predicted molar refractivity (Wildman–Crippen MR) is 88.4 cm³/mol. The van der Waals surface area contributed by atoms with E-state index in [1.807, 2.05) is 0 Å². The molecule has 3 heteroatoms. The van der Waals surface area contributed by atoms with Crippen molar-refractivity contribution < 1.29 is 0 Å². The highest BCUT2D eigenvalue weighted by molar-refractivity contribution is 5.75. The topological polar surface area (TPSA) is 29.9 Å². The van der Waals surface area contributed by atoms with Gasteiger partial charge in [-0.15, -0.1) is 0 Å². The molecule has 1 saturated carbocycles. The minimum Gasteiger partial charge on any atom is -0.331 e. The first kappa shape index (κ1) is 14.6. The lowest BCUT2D eigenvalue weighted by Crippen LogP contribution is -2.38. The van der Waals surface area contributed by atoms with E-state index in [0.29, 0.717) is 6.04 Å². The Morgan fingerprint density at radius 1 is 1.33 bits per heavy atom. The van der Waals surface area contributed by atoms with Crippen LogP contribution in [0.5, 0.6) is 0 Å². The first-order valence-electron chi connectivity index (χ1n) is 8.26. The van der Waals surface area contributed by atoms with Crippen molar-refractivity contribution >= 4 is 11.0 Å². The number of benzene rings is 1. The van der Waals surface area contributed by atoms with Crippen LogP contribution in [0.1, 0.15) is 38.4 Å². The van der Waals surface area contributed by atoms with Crippen LogP contribution in [-0.2, 0) is 13.5 Å². The van der Waals surface area contributed by atoms with Gasteiger partial charge in [-0.1, -0.05) is 31.9 Å². The minimum absolute atomic E-state index is 0.545. The summed E-state index contributed by atoms with van der Waals surface area (Å²) in [6, 6.07) is 8.96. The lowest BCUT2D eigenvalue weighted by molar-refractivity contribution is 0.225. The quantitative estimate of drug-likeness (QED) is 0.931. The molecule has 1 aliphatic carbocycles. The first-order chi connectivity index (χ1) is 10.2. The van der Waals surface area contributed by atoms with Gasteiger partial charge in [-0.05, 0) is 43.9 Å². The fourth-order valence-electron chi connectivity index (χ4n) is 3.93. The van der Waals surface area contributed by atoms with E-state index in [0.717, 1.165) is 23.8 Å². The summed E-state index contributed by atoms with van der Waals surface area (Å²) >= 11 is 0. The number of para-hydroxylation sites is 2. The zero-order valence-electron chi connectivity index (χ0n) is 13.5. The van der Waals surface area contributed by atoms with E-state index in [1.54, 1.807) is 0 Å². The Balaban J connectivity index is 1.80. The van der Waals surface area contributed by atoms with E-state index in [2.05, 4.69) is 55.2 Å². The number of aryl methyl sites for hydroxylation is 1. The first-order valence-corrected chi connectivity index (χ1v) is 8.26. The van der Waals surface area contributed by atoms with Crippen LogP contribution >= 0.6 is 0 Å². The smallest absolute Gasteiger partial charge is 0.111 e. The second-order valence-corrected chi connectivity index (χ2v) is 6.71. The molecule has 1 aliphatic rings. The number of nitrogens with zero attached hydrogens (tertiary/aromatic N) is 2. The van der Waals surface area contributed by atoms with Crippen molar-refractivity contribution in [2.75, 3.05) is 7.05 Å². The molecule has 1 aromatic heterocycles. The largest absolute Gasteiger partial charge is 0.331 e. The third-order valence-corrected chi connectivity index (χ3v) is 5.20. The number of fused-ring (bicyclic) bond motifs is 1. The molecule has 2 aromatic rings. The number of hydrogen-bond donors (Lipinski definition) is 1. The lowest BCUT2D eigenvalue weighted by atomic mass is 9.77. The van der Waals surface area contributed by atoms with Crippen LogP contribution in [0.4, 0.5) is 0 Å². The summed E-state index contributed by atoms with van der Waals surface area (Å²) < 4.78 is 2.26. The van der Waals surface area contributed by atoms with Gasteiger partial charge in [0.05, 0.1) is 11.0 Å². The maximum absolute atomic E-state index is 4.84. The van der Waals surface area contributed by atoms with Gasteiger partial charge < -0.3 is 9.88 Å². The average molecular weight is 285 g/mol. The van der Waals surface area contributed by atoms with E-state index >= 15 is 0 Å². The van der Waals surface area contributed by atoms with Crippen molar-refractivity contribution in [3.63, 3.8) is 0 Å². The van der Waals surface area contributed by atoms with Crippen molar-refractivity contribution in [3.8, 4) is 0 Å². The second-order valence-electron chi connectivity index (χ2n) is 6.71. The zero-order valence-corrected chi connectivity index (χ0v) is 13.5. The normalized spacial score (nSPS) is 24.3. The van der Waals surface area contributed by atoms with Gasteiger partial charge in [0.1, 0.15) is 5.82 Å². The van der Waals surface area contributed by atoms with E-state index in [4.69, 9.17) is 4.98 Å². The number of nitrogens with one attached hydrogen (secondary N) is 1. The monoisotopic (exact) mass is 285 g/mol. The molecule has 1 N–H and O–H groups in total. The van der Waals surface area contributed by atoms with Crippen molar-refractivity contribution in [1.82, 2.24) is 14.9 Å². The molecule has 0 bridgehead atoms. The molecule has 1 aromatic carbocycles. The third-order valence-electron chi connectivity index (χ3n) is 5.20. The van der Waals surface area contributed by atoms with Crippen molar-refractivity contribution in [1.29, 1.82) is 0 Å². The van der Waals surface area contributed by atoms with E-state index in [1.165, 1.54) is 37.0 Å². The van der Waals surface area contributed by atoms with Gasteiger partial charge in [0.2, 0.25) is 0 Å². The summed E-state index contributed by atoms with van der Waals surface area (Å²) in [6.45, 7) is 2.40. The molecule has 3 rings (SSSR count). The lowest BCUT2D eigenvalue weighted by Gasteiger charge is -2.33. The molecule has 0 saturated heterocycles. The number of likely N-dealkylation sites (N-methyl/N-ethyl adjacent to an activating group) is 1. The van der Waals surface area contributed by atoms with Gasteiger partial charge in [-0.2, -0.15) is 0 Å². The molecule has 114 valence electrons. The summed E-state index contributed by atoms with van der Waals surface area (Å²) in [5.41, 5.74) is 2.35. The van der Waals surface area contributed by atoms with E-state index < -0.39 is 0 Å². The van der Waals surface area contributed by atoms with Crippen molar-refractivity contribution in [3.05, 3.63) is 30.1 Å². The predicted octanol–water partition coefficient (Wildman–Crippen LogP) is 3.53. The SMILES string of the molecule is CNC(Cc1nc2ccccc2n1C)C1CCCC(C)C1. The highest BCUT2D eigenvalue weighted by Gasteiger charge is 2.27. The van der Waals surface area contributed by atoms with Crippen LogP contribution in [0.2, 0.25) is 0 Å². The summed E-state index contributed by atoms with van der Waals surface area (Å²) in [7, 11) is 4.24. The molecule has 21 heavy (non-hydrogen) atoms. The number of rotatable bonds is 4.